The highest BCUT2D eigenvalue weighted by atomic mass is 16.3. The molecule has 0 bridgehead atoms. The quantitative estimate of drug-likeness (QED) is 0.190. The number of fused-ring (bicyclic) bond motifs is 7. The zero-order chi connectivity index (χ0) is 32.3. The Bertz CT molecular complexity index is 2730. The summed E-state index contributed by atoms with van der Waals surface area (Å²) in [4.78, 5) is 2.42. The Hall–Kier alpha value is -6.58. The zero-order valence-electron chi connectivity index (χ0n) is 26.5. The van der Waals surface area contributed by atoms with E-state index in [1.807, 2.05) is 24.3 Å². The number of anilines is 3. The Kier molecular flexibility index (Phi) is 6.18. The lowest BCUT2D eigenvalue weighted by atomic mass is 9.95. The van der Waals surface area contributed by atoms with E-state index in [0.29, 0.717) is 0 Å². The van der Waals surface area contributed by atoms with Gasteiger partial charge in [-0.2, -0.15) is 0 Å². The molecule has 3 nitrogen and oxygen atoms in total. The number of furan rings is 2. The summed E-state index contributed by atoms with van der Waals surface area (Å²) in [6.45, 7) is 0. The molecular formula is C46H29NO2. The molecule has 0 aliphatic heterocycles. The number of para-hydroxylation sites is 2. The minimum Gasteiger partial charge on any atom is -0.456 e. The highest BCUT2D eigenvalue weighted by molar-refractivity contribution is 6.18. The van der Waals surface area contributed by atoms with Gasteiger partial charge in [-0.15, -0.1) is 0 Å². The van der Waals surface area contributed by atoms with Gasteiger partial charge < -0.3 is 13.7 Å². The Balaban J connectivity index is 1.34. The van der Waals surface area contributed by atoms with Crippen LogP contribution in [-0.2, 0) is 0 Å². The maximum Gasteiger partial charge on any atom is 0.137 e. The van der Waals surface area contributed by atoms with Crippen molar-refractivity contribution in [1.29, 1.82) is 0 Å². The Labute approximate surface area is 282 Å². The highest BCUT2D eigenvalue weighted by Crippen LogP contribution is 2.50. The molecule has 230 valence electrons. The Morgan fingerprint density at radius 3 is 1.53 bits per heavy atom. The number of hydrogen-bond acceptors (Lipinski definition) is 3. The van der Waals surface area contributed by atoms with Gasteiger partial charge in [-0.3, -0.25) is 0 Å². The summed E-state index contributed by atoms with van der Waals surface area (Å²) >= 11 is 0. The van der Waals surface area contributed by atoms with Crippen molar-refractivity contribution in [2.75, 3.05) is 4.90 Å². The van der Waals surface area contributed by atoms with Crippen LogP contribution >= 0.6 is 0 Å². The van der Waals surface area contributed by atoms with Gasteiger partial charge in [0, 0.05) is 16.3 Å². The topological polar surface area (TPSA) is 29.5 Å². The van der Waals surface area contributed by atoms with Crippen molar-refractivity contribution in [3.05, 3.63) is 176 Å². The third-order valence-electron chi connectivity index (χ3n) is 9.65. The average molecular weight is 628 g/mol. The Morgan fingerprint density at radius 1 is 0.327 bits per heavy atom. The molecule has 0 N–H and O–H groups in total. The van der Waals surface area contributed by atoms with Crippen LogP contribution in [-0.4, -0.2) is 0 Å². The largest absolute Gasteiger partial charge is 0.456 e. The van der Waals surface area contributed by atoms with Crippen molar-refractivity contribution >= 4 is 71.7 Å². The molecule has 0 fully saturated rings. The summed E-state index contributed by atoms with van der Waals surface area (Å²) in [5, 5.41) is 6.74. The van der Waals surface area contributed by atoms with Crippen LogP contribution in [0.3, 0.4) is 0 Å². The van der Waals surface area contributed by atoms with Crippen LogP contribution in [0.2, 0.25) is 0 Å². The standard InChI is InChI=1S/C46H29NO2/c1-2-13-31(14-3-1)35-27-26-34(33-25-24-30-12-4-5-15-32(30)28-33)29-40(35)47(38-18-10-22-43-45(38)36-16-6-8-20-41(36)48-43)39-19-11-23-44-46(39)37-17-7-9-21-42(37)49-44/h1-29H. The van der Waals surface area contributed by atoms with Gasteiger partial charge >= 0.3 is 0 Å². The molecule has 10 rings (SSSR count). The molecule has 0 amide bonds. The van der Waals surface area contributed by atoms with E-state index in [1.54, 1.807) is 0 Å². The molecule has 2 aromatic heterocycles. The van der Waals surface area contributed by atoms with Gasteiger partial charge in [0.25, 0.3) is 0 Å². The van der Waals surface area contributed by atoms with Crippen LogP contribution < -0.4 is 4.90 Å². The van der Waals surface area contributed by atoms with Crippen LogP contribution in [0.5, 0.6) is 0 Å². The summed E-state index contributed by atoms with van der Waals surface area (Å²) in [7, 11) is 0. The highest BCUT2D eigenvalue weighted by Gasteiger charge is 2.25. The minimum atomic E-state index is 0.847. The monoisotopic (exact) mass is 627 g/mol. The fourth-order valence-corrected chi connectivity index (χ4v) is 7.40. The van der Waals surface area contributed by atoms with E-state index in [0.717, 1.165) is 77.6 Å². The number of nitrogens with zero attached hydrogens (tertiary/aromatic N) is 1. The number of rotatable bonds is 5. The molecule has 0 spiro atoms. The molecule has 49 heavy (non-hydrogen) atoms. The molecule has 2 heterocycles. The molecule has 3 heteroatoms. The van der Waals surface area contributed by atoms with Gasteiger partial charge in [0.05, 0.1) is 27.8 Å². The van der Waals surface area contributed by atoms with Crippen LogP contribution in [0, 0.1) is 0 Å². The molecule has 0 aliphatic rings. The lowest BCUT2D eigenvalue weighted by Crippen LogP contribution is -2.12. The van der Waals surface area contributed by atoms with Crippen molar-refractivity contribution < 1.29 is 8.83 Å². The van der Waals surface area contributed by atoms with Crippen molar-refractivity contribution in [3.8, 4) is 22.3 Å². The second-order valence-electron chi connectivity index (χ2n) is 12.5. The summed E-state index contributed by atoms with van der Waals surface area (Å²) in [6.07, 6.45) is 0. The maximum atomic E-state index is 6.46. The molecule has 0 saturated carbocycles. The van der Waals surface area contributed by atoms with Gasteiger partial charge in [-0.05, 0) is 76.0 Å². The van der Waals surface area contributed by atoms with Gasteiger partial charge in [0.1, 0.15) is 22.3 Å². The lowest BCUT2D eigenvalue weighted by molar-refractivity contribution is 0.668. The van der Waals surface area contributed by atoms with Crippen LogP contribution in [0.4, 0.5) is 17.1 Å². The van der Waals surface area contributed by atoms with E-state index < -0.39 is 0 Å². The van der Waals surface area contributed by atoms with Gasteiger partial charge in [-0.25, -0.2) is 0 Å². The molecule has 0 atom stereocenters. The predicted molar refractivity (Wildman–Crippen MR) is 204 cm³/mol. The Morgan fingerprint density at radius 2 is 0.857 bits per heavy atom. The number of hydrogen-bond donors (Lipinski definition) is 0. The van der Waals surface area contributed by atoms with E-state index in [4.69, 9.17) is 8.83 Å². The minimum absolute atomic E-state index is 0.847. The lowest BCUT2D eigenvalue weighted by Gasteiger charge is -2.29. The molecule has 8 aromatic carbocycles. The summed E-state index contributed by atoms with van der Waals surface area (Å²) in [5.74, 6) is 0. The molecule has 0 unspecified atom stereocenters. The van der Waals surface area contributed by atoms with E-state index in [2.05, 4.69) is 157 Å². The van der Waals surface area contributed by atoms with Crippen molar-refractivity contribution in [3.63, 3.8) is 0 Å². The van der Waals surface area contributed by atoms with Crippen LogP contribution in [0.15, 0.2) is 185 Å². The van der Waals surface area contributed by atoms with Crippen LogP contribution in [0.25, 0.3) is 76.9 Å². The smallest absolute Gasteiger partial charge is 0.137 e. The zero-order valence-corrected chi connectivity index (χ0v) is 26.5. The van der Waals surface area contributed by atoms with E-state index in [-0.39, 0.29) is 0 Å². The second-order valence-corrected chi connectivity index (χ2v) is 12.5. The molecular weight excluding hydrogens is 599 g/mol. The first-order valence-electron chi connectivity index (χ1n) is 16.6. The first kappa shape index (κ1) is 27.5. The molecule has 0 saturated heterocycles. The predicted octanol–water partition coefficient (Wildman–Crippen LogP) is 13.4. The summed E-state index contributed by atoms with van der Waals surface area (Å²) in [5.41, 5.74) is 11.1. The first-order chi connectivity index (χ1) is 24.3. The fourth-order valence-electron chi connectivity index (χ4n) is 7.40. The van der Waals surface area contributed by atoms with E-state index >= 15 is 0 Å². The third kappa shape index (κ3) is 4.44. The van der Waals surface area contributed by atoms with E-state index in [9.17, 15) is 0 Å². The summed E-state index contributed by atoms with van der Waals surface area (Å²) < 4.78 is 12.9. The average Bonchev–Trinajstić information content (AvgIpc) is 3.74. The van der Waals surface area contributed by atoms with E-state index in [1.165, 1.54) is 16.3 Å². The van der Waals surface area contributed by atoms with Crippen LogP contribution in [0.1, 0.15) is 0 Å². The SMILES string of the molecule is c1ccc(-c2ccc(-c3ccc4ccccc4c3)cc2N(c2cccc3oc4ccccc4c23)c2cccc3oc4ccccc4c23)cc1. The van der Waals surface area contributed by atoms with Crippen molar-refractivity contribution in [2.24, 2.45) is 0 Å². The molecule has 10 aromatic rings. The van der Waals surface area contributed by atoms with Crippen molar-refractivity contribution in [2.45, 2.75) is 0 Å². The number of benzene rings is 8. The van der Waals surface area contributed by atoms with Gasteiger partial charge in [-0.1, -0.05) is 127 Å². The molecule has 0 radical (unpaired) electrons. The van der Waals surface area contributed by atoms with Crippen molar-refractivity contribution in [1.82, 2.24) is 0 Å². The normalized spacial score (nSPS) is 11.7. The third-order valence-corrected chi connectivity index (χ3v) is 9.65. The van der Waals surface area contributed by atoms with Gasteiger partial charge in [0.2, 0.25) is 0 Å². The fraction of sp³-hybridized carbons (Fsp3) is 0. The molecule has 0 aliphatic carbocycles. The second kappa shape index (κ2) is 11.0. The van der Waals surface area contributed by atoms with Gasteiger partial charge in [0.15, 0.2) is 0 Å². The maximum absolute atomic E-state index is 6.46. The first-order valence-corrected chi connectivity index (χ1v) is 16.6. The summed E-state index contributed by atoms with van der Waals surface area (Å²) in [6, 6.07) is 62.1.